The van der Waals surface area contributed by atoms with Crippen LogP contribution in [-0.2, 0) is 16.6 Å². The van der Waals surface area contributed by atoms with Gasteiger partial charge in [0.25, 0.3) is 0 Å². The minimum atomic E-state index is -1.27. The van der Waals surface area contributed by atoms with E-state index in [0.29, 0.717) is 27.2 Å². The Labute approximate surface area is 119 Å². The van der Waals surface area contributed by atoms with Gasteiger partial charge in [0.1, 0.15) is 0 Å². The van der Waals surface area contributed by atoms with Crippen molar-refractivity contribution >= 4 is 28.1 Å². The zero-order valence-electron chi connectivity index (χ0n) is 10.3. The van der Waals surface area contributed by atoms with Crippen LogP contribution in [0.1, 0.15) is 5.69 Å². The number of halogens is 1. The van der Waals surface area contributed by atoms with E-state index in [1.807, 2.05) is 6.07 Å². The Bertz CT molecular complexity index is 619. The molecule has 2 aromatic rings. The van der Waals surface area contributed by atoms with Gasteiger partial charge in [-0.05, 0) is 24.3 Å². The van der Waals surface area contributed by atoms with E-state index in [0.717, 1.165) is 0 Å². The third-order valence-corrected chi connectivity index (χ3v) is 4.14. The van der Waals surface area contributed by atoms with E-state index in [2.05, 4.69) is 4.98 Å². The first-order chi connectivity index (χ1) is 9.10. The Morgan fingerprint density at radius 1 is 1.37 bits per heavy atom. The average Bonchev–Trinajstić information content (AvgIpc) is 2.38. The number of methoxy groups -OCH3 is 1. The van der Waals surface area contributed by atoms with Gasteiger partial charge in [-0.15, -0.1) is 0 Å². The molecular weight excluding hydrogens is 284 g/mol. The van der Waals surface area contributed by atoms with Crippen LogP contribution in [0.3, 0.4) is 0 Å². The van der Waals surface area contributed by atoms with Crippen molar-refractivity contribution in [1.82, 2.24) is 4.98 Å². The number of nitrogens with zero attached hydrogens (tertiary/aromatic N) is 1. The van der Waals surface area contributed by atoms with Crippen molar-refractivity contribution in [2.24, 2.45) is 0 Å². The molecule has 0 bridgehead atoms. The molecule has 0 fully saturated rings. The quantitative estimate of drug-likeness (QED) is 0.881. The fraction of sp³-hybridized carbons (Fsp3) is 0.154. The number of pyridine rings is 1. The van der Waals surface area contributed by atoms with Crippen LogP contribution >= 0.6 is 11.6 Å². The summed E-state index contributed by atoms with van der Waals surface area (Å²) in [6.07, 6.45) is 0. The molecule has 6 heteroatoms. The summed E-state index contributed by atoms with van der Waals surface area (Å²) in [6, 6.07) is 10.3. The maximum atomic E-state index is 12.3. The number of hydrogen-bond acceptors (Lipinski definition) is 4. The third-order valence-electron chi connectivity index (χ3n) is 2.49. The van der Waals surface area contributed by atoms with Crippen LogP contribution in [0.15, 0.2) is 41.3 Å². The standard InChI is InChI=1S/C13H13ClN2O2S/c1-18-13-4-2-3-10(16-13)8-19(17)12-6-5-9(14)7-11(12)15/h2-7H,8,15H2,1H3. The Hall–Kier alpha value is -1.59. The third kappa shape index (κ3) is 3.45. The summed E-state index contributed by atoms with van der Waals surface area (Å²) in [5.41, 5.74) is 6.92. The molecule has 0 amide bonds. The fourth-order valence-corrected chi connectivity index (χ4v) is 2.90. The predicted octanol–water partition coefficient (Wildman–Crippen LogP) is 2.63. The smallest absolute Gasteiger partial charge is 0.213 e. The topological polar surface area (TPSA) is 65.2 Å². The first kappa shape index (κ1) is 13.8. The number of rotatable bonds is 4. The Kier molecular flexibility index (Phi) is 4.39. The molecule has 0 aliphatic rings. The summed E-state index contributed by atoms with van der Waals surface area (Å²) in [7, 11) is 0.276. The molecule has 0 saturated heterocycles. The van der Waals surface area contributed by atoms with Gasteiger partial charge in [0, 0.05) is 16.8 Å². The highest BCUT2D eigenvalue weighted by Gasteiger charge is 2.10. The van der Waals surface area contributed by atoms with E-state index < -0.39 is 10.8 Å². The molecule has 1 aromatic carbocycles. The van der Waals surface area contributed by atoms with Crippen molar-refractivity contribution in [3.05, 3.63) is 47.1 Å². The second-order valence-corrected chi connectivity index (χ2v) is 5.70. The first-order valence-electron chi connectivity index (χ1n) is 5.53. The molecule has 100 valence electrons. The van der Waals surface area contributed by atoms with Crippen LogP contribution in [0, 0.1) is 0 Å². The van der Waals surface area contributed by atoms with Gasteiger partial charge in [0.05, 0.1) is 34.3 Å². The number of aromatic nitrogens is 1. The number of anilines is 1. The number of benzene rings is 1. The van der Waals surface area contributed by atoms with Gasteiger partial charge in [-0.2, -0.15) is 0 Å². The highest BCUT2D eigenvalue weighted by molar-refractivity contribution is 7.84. The lowest BCUT2D eigenvalue weighted by molar-refractivity contribution is 0.397. The molecular formula is C13H13ClN2O2S. The molecule has 0 saturated carbocycles. The summed E-state index contributed by atoms with van der Waals surface area (Å²) in [5, 5.41) is 0.526. The van der Waals surface area contributed by atoms with Crippen LogP contribution in [0.25, 0.3) is 0 Å². The highest BCUT2D eigenvalue weighted by atomic mass is 35.5. The Morgan fingerprint density at radius 2 is 2.16 bits per heavy atom. The molecule has 1 heterocycles. The highest BCUT2D eigenvalue weighted by Crippen LogP contribution is 2.23. The Morgan fingerprint density at radius 3 is 2.84 bits per heavy atom. The van der Waals surface area contributed by atoms with Crippen molar-refractivity contribution in [3.63, 3.8) is 0 Å². The van der Waals surface area contributed by atoms with Crippen molar-refractivity contribution in [1.29, 1.82) is 0 Å². The molecule has 1 atom stereocenters. The summed E-state index contributed by atoms with van der Waals surface area (Å²) in [4.78, 5) is 4.79. The van der Waals surface area contributed by atoms with Crippen molar-refractivity contribution in [2.45, 2.75) is 10.6 Å². The normalized spacial score (nSPS) is 12.1. The maximum Gasteiger partial charge on any atom is 0.213 e. The predicted molar refractivity (Wildman–Crippen MR) is 76.8 cm³/mol. The molecule has 0 aliphatic carbocycles. The van der Waals surface area contributed by atoms with Crippen molar-refractivity contribution < 1.29 is 8.95 Å². The lowest BCUT2D eigenvalue weighted by atomic mass is 10.3. The van der Waals surface area contributed by atoms with Gasteiger partial charge >= 0.3 is 0 Å². The molecule has 0 aliphatic heterocycles. The summed E-state index contributed by atoms with van der Waals surface area (Å²) >= 11 is 5.81. The van der Waals surface area contributed by atoms with Gasteiger partial charge in [0.2, 0.25) is 5.88 Å². The maximum absolute atomic E-state index is 12.3. The van der Waals surface area contributed by atoms with E-state index in [4.69, 9.17) is 22.1 Å². The summed E-state index contributed by atoms with van der Waals surface area (Å²) < 4.78 is 17.3. The van der Waals surface area contributed by atoms with Gasteiger partial charge < -0.3 is 10.5 Å². The summed E-state index contributed by atoms with van der Waals surface area (Å²) in [6.45, 7) is 0. The molecule has 1 aromatic heterocycles. The van der Waals surface area contributed by atoms with Gasteiger partial charge in [-0.1, -0.05) is 17.7 Å². The second-order valence-electron chi connectivity index (χ2n) is 3.84. The Balaban J connectivity index is 2.20. The second kappa shape index (κ2) is 6.04. The van der Waals surface area contributed by atoms with E-state index in [1.165, 1.54) is 0 Å². The van der Waals surface area contributed by atoms with Crippen LogP contribution < -0.4 is 10.5 Å². The van der Waals surface area contributed by atoms with Gasteiger partial charge in [0.15, 0.2) is 0 Å². The van der Waals surface area contributed by atoms with Crippen LogP contribution in [0.4, 0.5) is 5.69 Å². The molecule has 0 radical (unpaired) electrons. The largest absolute Gasteiger partial charge is 0.481 e. The number of hydrogen-bond donors (Lipinski definition) is 1. The zero-order valence-corrected chi connectivity index (χ0v) is 11.9. The minimum absolute atomic E-state index is 0.281. The molecule has 19 heavy (non-hydrogen) atoms. The number of nitrogens with two attached hydrogens (primary N) is 1. The fourth-order valence-electron chi connectivity index (χ4n) is 1.59. The van der Waals surface area contributed by atoms with E-state index in [1.54, 1.807) is 37.4 Å². The van der Waals surface area contributed by atoms with Gasteiger partial charge in [-0.25, -0.2) is 4.98 Å². The summed E-state index contributed by atoms with van der Waals surface area (Å²) in [5.74, 6) is 0.779. The zero-order chi connectivity index (χ0) is 13.8. The van der Waals surface area contributed by atoms with Crippen molar-refractivity contribution in [3.8, 4) is 5.88 Å². The van der Waals surface area contributed by atoms with Crippen molar-refractivity contribution in [2.75, 3.05) is 12.8 Å². The molecule has 2 rings (SSSR count). The molecule has 1 unspecified atom stereocenters. The van der Waals surface area contributed by atoms with E-state index in [-0.39, 0.29) is 5.75 Å². The van der Waals surface area contributed by atoms with E-state index >= 15 is 0 Å². The first-order valence-corrected chi connectivity index (χ1v) is 7.23. The van der Waals surface area contributed by atoms with Crippen LogP contribution in [0.5, 0.6) is 5.88 Å². The minimum Gasteiger partial charge on any atom is -0.481 e. The number of ether oxygens (including phenoxy) is 1. The molecule has 0 spiro atoms. The molecule has 2 N–H and O–H groups in total. The monoisotopic (exact) mass is 296 g/mol. The lowest BCUT2D eigenvalue weighted by Gasteiger charge is -2.07. The molecule has 4 nitrogen and oxygen atoms in total. The number of nitrogen functional groups attached to an aromatic ring is 1. The van der Waals surface area contributed by atoms with Gasteiger partial charge in [-0.3, -0.25) is 4.21 Å². The average molecular weight is 297 g/mol. The van der Waals surface area contributed by atoms with Crippen LogP contribution in [-0.4, -0.2) is 16.3 Å². The lowest BCUT2D eigenvalue weighted by Crippen LogP contribution is -2.02. The SMILES string of the molecule is COc1cccc(CS(=O)c2ccc(Cl)cc2N)n1. The van der Waals surface area contributed by atoms with Crippen LogP contribution in [0.2, 0.25) is 5.02 Å². The van der Waals surface area contributed by atoms with E-state index in [9.17, 15) is 4.21 Å².